The summed E-state index contributed by atoms with van der Waals surface area (Å²) in [5.41, 5.74) is 6.97. The molecule has 0 aromatic heterocycles. The van der Waals surface area contributed by atoms with E-state index in [4.69, 9.17) is 15.2 Å². The van der Waals surface area contributed by atoms with Gasteiger partial charge in [0, 0.05) is 18.6 Å². The number of fused-ring (bicyclic) bond motifs is 1. The molecule has 3 N–H and O–H groups in total. The number of hydrogen-bond acceptors (Lipinski definition) is 4. The van der Waals surface area contributed by atoms with Crippen LogP contribution in [0.15, 0.2) is 18.2 Å². The van der Waals surface area contributed by atoms with Gasteiger partial charge in [-0.1, -0.05) is 6.07 Å². The fraction of sp³-hybridized carbons (Fsp3) is 0.500. The zero-order chi connectivity index (χ0) is 11.0. The Hall–Kier alpha value is -1.26. The Labute approximate surface area is 94.7 Å². The summed E-state index contributed by atoms with van der Waals surface area (Å²) in [5.74, 6) is 1.65. The third-order valence-electron chi connectivity index (χ3n) is 3.05. The van der Waals surface area contributed by atoms with Gasteiger partial charge in [-0.3, -0.25) is 0 Å². The Kier molecular flexibility index (Phi) is 2.46. The number of benzene rings is 1. The SMILES string of the molecule is NCC(NC1CC1)c1ccc2c(c1)OCO2. The lowest BCUT2D eigenvalue weighted by molar-refractivity contribution is 0.174. The molecule has 0 amide bonds. The van der Waals surface area contributed by atoms with Gasteiger partial charge in [0.1, 0.15) is 0 Å². The predicted octanol–water partition coefficient (Wildman–Crippen LogP) is 1.17. The topological polar surface area (TPSA) is 56.5 Å². The first-order chi connectivity index (χ1) is 7.86. The van der Waals surface area contributed by atoms with Crippen molar-refractivity contribution in [3.63, 3.8) is 0 Å². The van der Waals surface area contributed by atoms with Crippen LogP contribution in [0.25, 0.3) is 0 Å². The number of nitrogens with two attached hydrogens (primary N) is 1. The van der Waals surface area contributed by atoms with Gasteiger partial charge in [0.15, 0.2) is 11.5 Å². The molecule has 86 valence electrons. The van der Waals surface area contributed by atoms with E-state index in [2.05, 4.69) is 11.4 Å². The van der Waals surface area contributed by atoms with Crippen molar-refractivity contribution in [3.8, 4) is 11.5 Å². The molecule has 1 unspecified atom stereocenters. The standard InChI is InChI=1S/C12H16N2O2/c13-6-10(14-9-2-3-9)8-1-4-11-12(5-8)16-7-15-11/h1,4-5,9-10,14H,2-3,6-7,13H2. The molecule has 0 saturated heterocycles. The van der Waals surface area contributed by atoms with Crippen LogP contribution in [-0.2, 0) is 0 Å². The molecule has 1 heterocycles. The second-order valence-corrected chi connectivity index (χ2v) is 4.34. The predicted molar refractivity (Wildman–Crippen MR) is 60.5 cm³/mol. The molecular formula is C12H16N2O2. The highest BCUT2D eigenvalue weighted by molar-refractivity contribution is 5.45. The Morgan fingerprint density at radius 1 is 1.31 bits per heavy atom. The summed E-state index contributed by atoms with van der Waals surface area (Å²) in [6.07, 6.45) is 2.53. The van der Waals surface area contributed by atoms with Crippen molar-refractivity contribution in [2.45, 2.75) is 24.9 Å². The Morgan fingerprint density at radius 2 is 2.12 bits per heavy atom. The molecule has 1 atom stereocenters. The number of nitrogens with one attached hydrogen (secondary N) is 1. The van der Waals surface area contributed by atoms with E-state index in [0.29, 0.717) is 19.4 Å². The van der Waals surface area contributed by atoms with Crippen LogP contribution in [-0.4, -0.2) is 19.4 Å². The minimum Gasteiger partial charge on any atom is -0.454 e. The van der Waals surface area contributed by atoms with E-state index < -0.39 is 0 Å². The van der Waals surface area contributed by atoms with Crippen molar-refractivity contribution in [2.75, 3.05) is 13.3 Å². The maximum Gasteiger partial charge on any atom is 0.231 e. The molecule has 4 heteroatoms. The maximum atomic E-state index is 5.79. The molecule has 1 fully saturated rings. The number of rotatable bonds is 4. The summed E-state index contributed by atoms with van der Waals surface area (Å²) in [6.45, 7) is 0.929. The first-order valence-corrected chi connectivity index (χ1v) is 5.72. The van der Waals surface area contributed by atoms with Crippen molar-refractivity contribution in [2.24, 2.45) is 5.73 Å². The minimum absolute atomic E-state index is 0.224. The maximum absolute atomic E-state index is 5.79. The normalized spacial score (nSPS) is 19.8. The van der Waals surface area contributed by atoms with Gasteiger partial charge in [0.2, 0.25) is 6.79 Å². The van der Waals surface area contributed by atoms with Crippen LogP contribution in [0.2, 0.25) is 0 Å². The van der Waals surface area contributed by atoms with Gasteiger partial charge in [-0.2, -0.15) is 0 Å². The van der Waals surface area contributed by atoms with Gasteiger partial charge in [-0.25, -0.2) is 0 Å². The van der Waals surface area contributed by atoms with E-state index in [1.165, 1.54) is 18.4 Å². The summed E-state index contributed by atoms with van der Waals surface area (Å²) >= 11 is 0. The molecule has 1 aliphatic carbocycles. The highest BCUT2D eigenvalue weighted by atomic mass is 16.7. The molecular weight excluding hydrogens is 204 g/mol. The largest absolute Gasteiger partial charge is 0.454 e. The van der Waals surface area contributed by atoms with Crippen molar-refractivity contribution in [1.82, 2.24) is 5.32 Å². The van der Waals surface area contributed by atoms with Gasteiger partial charge < -0.3 is 20.5 Å². The highest BCUT2D eigenvalue weighted by Crippen LogP contribution is 2.34. The van der Waals surface area contributed by atoms with Gasteiger partial charge in [-0.15, -0.1) is 0 Å². The molecule has 3 rings (SSSR count). The van der Waals surface area contributed by atoms with E-state index in [1.54, 1.807) is 0 Å². The van der Waals surface area contributed by atoms with E-state index >= 15 is 0 Å². The number of hydrogen-bond donors (Lipinski definition) is 2. The highest BCUT2D eigenvalue weighted by Gasteiger charge is 2.25. The fourth-order valence-corrected chi connectivity index (χ4v) is 1.96. The number of ether oxygens (including phenoxy) is 2. The van der Waals surface area contributed by atoms with Gasteiger partial charge in [0.05, 0.1) is 0 Å². The third-order valence-corrected chi connectivity index (χ3v) is 3.05. The smallest absolute Gasteiger partial charge is 0.231 e. The van der Waals surface area contributed by atoms with Gasteiger partial charge in [0.25, 0.3) is 0 Å². The Morgan fingerprint density at radius 3 is 2.88 bits per heavy atom. The molecule has 0 spiro atoms. The lowest BCUT2D eigenvalue weighted by Gasteiger charge is -2.17. The van der Waals surface area contributed by atoms with Crippen molar-refractivity contribution >= 4 is 0 Å². The fourth-order valence-electron chi connectivity index (χ4n) is 1.96. The van der Waals surface area contributed by atoms with Crippen molar-refractivity contribution < 1.29 is 9.47 Å². The third kappa shape index (κ3) is 1.86. The second kappa shape index (κ2) is 3.96. The zero-order valence-corrected chi connectivity index (χ0v) is 9.11. The molecule has 4 nitrogen and oxygen atoms in total. The summed E-state index contributed by atoms with van der Waals surface area (Å²) in [5, 5.41) is 3.53. The Bertz CT molecular complexity index is 391. The van der Waals surface area contributed by atoms with E-state index in [1.807, 2.05) is 12.1 Å². The zero-order valence-electron chi connectivity index (χ0n) is 9.11. The summed E-state index contributed by atoms with van der Waals surface area (Å²) in [4.78, 5) is 0. The Balaban J connectivity index is 1.80. The quantitative estimate of drug-likeness (QED) is 0.799. The van der Waals surface area contributed by atoms with E-state index in [0.717, 1.165) is 11.5 Å². The lowest BCUT2D eigenvalue weighted by atomic mass is 10.1. The molecule has 0 radical (unpaired) electrons. The molecule has 16 heavy (non-hydrogen) atoms. The molecule has 1 aromatic rings. The average Bonchev–Trinajstić information content (AvgIpc) is 3.01. The van der Waals surface area contributed by atoms with Crippen LogP contribution >= 0.6 is 0 Å². The van der Waals surface area contributed by atoms with Gasteiger partial charge >= 0.3 is 0 Å². The van der Waals surface area contributed by atoms with Gasteiger partial charge in [-0.05, 0) is 30.5 Å². The molecule has 1 aliphatic heterocycles. The van der Waals surface area contributed by atoms with E-state index in [9.17, 15) is 0 Å². The van der Waals surface area contributed by atoms with Crippen LogP contribution in [0.4, 0.5) is 0 Å². The summed E-state index contributed by atoms with van der Waals surface area (Å²) < 4.78 is 10.6. The molecule has 1 saturated carbocycles. The van der Waals surface area contributed by atoms with Crippen LogP contribution in [0.1, 0.15) is 24.4 Å². The summed E-state index contributed by atoms with van der Waals surface area (Å²) in [6, 6.07) is 6.91. The van der Waals surface area contributed by atoms with Crippen LogP contribution in [0.5, 0.6) is 11.5 Å². The molecule has 0 bridgehead atoms. The lowest BCUT2D eigenvalue weighted by Crippen LogP contribution is -2.29. The molecule has 2 aliphatic rings. The first-order valence-electron chi connectivity index (χ1n) is 5.72. The van der Waals surface area contributed by atoms with Crippen molar-refractivity contribution in [1.29, 1.82) is 0 Å². The summed E-state index contributed by atoms with van der Waals surface area (Å²) in [7, 11) is 0. The minimum atomic E-state index is 0.224. The van der Waals surface area contributed by atoms with Crippen LogP contribution in [0.3, 0.4) is 0 Å². The van der Waals surface area contributed by atoms with Crippen LogP contribution in [0, 0.1) is 0 Å². The van der Waals surface area contributed by atoms with E-state index in [-0.39, 0.29) is 6.04 Å². The average molecular weight is 220 g/mol. The first kappa shape index (κ1) is 9.93. The second-order valence-electron chi connectivity index (χ2n) is 4.34. The van der Waals surface area contributed by atoms with Crippen LogP contribution < -0.4 is 20.5 Å². The van der Waals surface area contributed by atoms with Crippen molar-refractivity contribution in [3.05, 3.63) is 23.8 Å². The molecule has 1 aromatic carbocycles. The monoisotopic (exact) mass is 220 g/mol.